The Morgan fingerprint density at radius 2 is 1.97 bits per heavy atom. The van der Waals surface area contributed by atoms with E-state index >= 15 is 0 Å². The van der Waals surface area contributed by atoms with Gasteiger partial charge in [0, 0.05) is 31.8 Å². The van der Waals surface area contributed by atoms with Crippen LogP contribution in [0.3, 0.4) is 0 Å². The highest BCUT2D eigenvalue weighted by Crippen LogP contribution is 2.33. The smallest absolute Gasteiger partial charge is 0.267 e. The third-order valence-corrected chi connectivity index (χ3v) is 4.96. The number of hydrogen-bond donors (Lipinski definition) is 1. The van der Waals surface area contributed by atoms with Crippen molar-refractivity contribution >= 4 is 17.5 Å². The lowest BCUT2D eigenvalue weighted by Gasteiger charge is -2.32. The number of aromatic nitrogens is 1. The van der Waals surface area contributed by atoms with Crippen LogP contribution in [0.15, 0.2) is 66.9 Å². The van der Waals surface area contributed by atoms with Gasteiger partial charge >= 0.3 is 0 Å². The molecule has 0 saturated carbocycles. The van der Waals surface area contributed by atoms with Gasteiger partial charge in [0.25, 0.3) is 5.91 Å². The van der Waals surface area contributed by atoms with Gasteiger partial charge < -0.3 is 19.7 Å². The molecule has 0 aliphatic carbocycles. The maximum Gasteiger partial charge on any atom is 0.267 e. The van der Waals surface area contributed by atoms with Gasteiger partial charge in [0.1, 0.15) is 17.3 Å². The Bertz CT molecular complexity index is 1120. The first-order valence-corrected chi connectivity index (χ1v) is 10.2. The van der Waals surface area contributed by atoms with Crippen LogP contribution in [-0.2, 0) is 16.1 Å². The number of amides is 2. The van der Waals surface area contributed by atoms with Gasteiger partial charge in [0.2, 0.25) is 11.8 Å². The number of anilines is 1. The number of carbonyl (C=O) groups excluding carboxylic acids is 2. The van der Waals surface area contributed by atoms with Crippen LogP contribution < -0.4 is 19.7 Å². The average Bonchev–Trinajstić information content (AvgIpc) is 2.80. The van der Waals surface area contributed by atoms with Crippen molar-refractivity contribution in [2.75, 3.05) is 11.4 Å². The summed E-state index contributed by atoms with van der Waals surface area (Å²) in [6.07, 6.45) is 1.13. The van der Waals surface area contributed by atoms with E-state index in [9.17, 15) is 14.0 Å². The highest BCUT2D eigenvalue weighted by Gasteiger charge is 2.31. The second-order valence-corrected chi connectivity index (χ2v) is 7.30. The van der Waals surface area contributed by atoms with Crippen molar-refractivity contribution in [3.05, 3.63) is 78.2 Å². The maximum atomic E-state index is 13.0. The SMILES string of the molecule is CC1Oc2ccccc2N(CCC(=O)NCc2ccnc(Oc3ccc(F)cc3)c2)C1=O. The summed E-state index contributed by atoms with van der Waals surface area (Å²) in [5, 5.41) is 2.85. The molecule has 0 saturated heterocycles. The molecule has 1 atom stereocenters. The normalized spacial score (nSPS) is 15.0. The average molecular weight is 435 g/mol. The fraction of sp³-hybridized carbons (Fsp3) is 0.208. The second-order valence-electron chi connectivity index (χ2n) is 7.30. The van der Waals surface area contributed by atoms with Crippen molar-refractivity contribution < 1.29 is 23.5 Å². The third kappa shape index (κ3) is 5.03. The summed E-state index contributed by atoms with van der Waals surface area (Å²) in [5.41, 5.74) is 1.46. The summed E-state index contributed by atoms with van der Waals surface area (Å²) in [6, 6.07) is 16.4. The van der Waals surface area contributed by atoms with E-state index in [2.05, 4.69) is 10.3 Å². The standard InChI is InChI=1S/C24H22FN3O4/c1-16-24(30)28(20-4-2-3-5-21(20)31-16)13-11-22(29)27-15-17-10-12-26-23(14-17)32-19-8-6-18(25)7-9-19/h2-10,12,14,16H,11,13,15H2,1H3,(H,27,29). The van der Waals surface area contributed by atoms with Crippen molar-refractivity contribution in [2.45, 2.75) is 26.0 Å². The Labute approximate surface area is 184 Å². The molecule has 1 N–H and O–H groups in total. The van der Waals surface area contributed by atoms with E-state index in [4.69, 9.17) is 9.47 Å². The minimum absolute atomic E-state index is 0.150. The van der Waals surface area contributed by atoms with E-state index in [0.717, 1.165) is 5.56 Å². The molecule has 0 spiro atoms. The van der Waals surface area contributed by atoms with Crippen molar-refractivity contribution in [1.82, 2.24) is 10.3 Å². The van der Waals surface area contributed by atoms with Crippen molar-refractivity contribution in [3.8, 4) is 17.4 Å². The molecule has 4 rings (SSSR count). The zero-order chi connectivity index (χ0) is 22.5. The number of benzene rings is 2. The number of rotatable bonds is 7. The number of nitrogens with one attached hydrogen (secondary N) is 1. The number of para-hydroxylation sites is 2. The van der Waals surface area contributed by atoms with Gasteiger partial charge in [-0.15, -0.1) is 0 Å². The van der Waals surface area contributed by atoms with Crippen LogP contribution in [0.4, 0.5) is 10.1 Å². The molecule has 0 radical (unpaired) electrons. The second kappa shape index (κ2) is 9.47. The molecule has 7 nitrogen and oxygen atoms in total. The van der Waals surface area contributed by atoms with E-state index < -0.39 is 6.10 Å². The molecule has 32 heavy (non-hydrogen) atoms. The molecule has 2 aromatic carbocycles. The molecule has 1 unspecified atom stereocenters. The summed E-state index contributed by atoms with van der Waals surface area (Å²) < 4.78 is 24.3. The minimum Gasteiger partial charge on any atom is -0.479 e. The molecule has 2 amide bonds. The summed E-state index contributed by atoms with van der Waals surface area (Å²) in [4.78, 5) is 30.6. The van der Waals surface area contributed by atoms with Gasteiger partial charge in [-0.1, -0.05) is 12.1 Å². The number of halogens is 1. The lowest BCUT2D eigenvalue weighted by molar-refractivity contribution is -0.125. The van der Waals surface area contributed by atoms with Crippen molar-refractivity contribution in [1.29, 1.82) is 0 Å². The number of ether oxygens (including phenoxy) is 2. The van der Waals surface area contributed by atoms with E-state index in [1.54, 1.807) is 42.3 Å². The van der Waals surface area contributed by atoms with Gasteiger partial charge in [-0.3, -0.25) is 9.59 Å². The number of hydrogen-bond acceptors (Lipinski definition) is 5. The van der Waals surface area contributed by atoms with Crippen LogP contribution >= 0.6 is 0 Å². The van der Waals surface area contributed by atoms with E-state index in [0.29, 0.717) is 23.1 Å². The number of carbonyl (C=O) groups is 2. The number of pyridine rings is 1. The Hall–Kier alpha value is -3.94. The Kier molecular flexibility index (Phi) is 6.30. The lowest BCUT2D eigenvalue weighted by atomic mass is 10.1. The van der Waals surface area contributed by atoms with Gasteiger partial charge in [-0.05, 0) is 55.0 Å². The maximum absolute atomic E-state index is 13.0. The molecule has 0 fully saturated rings. The van der Waals surface area contributed by atoms with Crippen LogP contribution in [0.2, 0.25) is 0 Å². The van der Waals surface area contributed by atoms with Gasteiger partial charge in [0.05, 0.1) is 5.69 Å². The first-order valence-electron chi connectivity index (χ1n) is 10.2. The Morgan fingerprint density at radius 3 is 2.78 bits per heavy atom. The van der Waals surface area contributed by atoms with Crippen LogP contribution in [-0.4, -0.2) is 29.4 Å². The monoisotopic (exact) mass is 435 g/mol. The molecule has 0 bridgehead atoms. The van der Waals surface area contributed by atoms with Gasteiger partial charge in [-0.2, -0.15) is 0 Å². The molecule has 1 aliphatic heterocycles. The first-order chi connectivity index (χ1) is 15.5. The van der Waals surface area contributed by atoms with Crippen LogP contribution in [0.25, 0.3) is 0 Å². The minimum atomic E-state index is -0.593. The van der Waals surface area contributed by atoms with Crippen LogP contribution in [0.1, 0.15) is 18.9 Å². The molecule has 3 aromatic rings. The van der Waals surface area contributed by atoms with Gasteiger partial charge in [0.15, 0.2) is 6.10 Å². The van der Waals surface area contributed by atoms with Gasteiger partial charge in [-0.25, -0.2) is 9.37 Å². The lowest BCUT2D eigenvalue weighted by Crippen LogP contribution is -2.45. The molecular weight excluding hydrogens is 413 g/mol. The van der Waals surface area contributed by atoms with Crippen molar-refractivity contribution in [3.63, 3.8) is 0 Å². The first kappa shape index (κ1) is 21.3. The molecule has 2 heterocycles. The van der Waals surface area contributed by atoms with E-state index in [1.165, 1.54) is 24.3 Å². The molecule has 1 aromatic heterocycles. The predicted molar refractivity (Wildman–Crippen MR) is 116 cm³/mol. The Morgan fingerprint density at radius 1 is 1.19 bits per heavy atom. The zero-order valence-corrected chi connectivity index (χ0v) is 17.5. The largest absolute Gasteiger partial charge is 0.479 e. The Balaban J connectivity index is 1.32. The van der Waals surface area contributed by atoms with Crippen LogP contribution in [0.5, 0.6) is 17.4 Å². The van der Waals surface area contributed by atoms with E-state index in [1.807, 2.05) is 12.1 Å². The van der Waals surface area contributed by atoms with E-state index in [-0.39, 0.29) is 37.1 Å². The predicted octanol–water partition coefficient (Wildman–Crippen LogP) is 3.83. The number of fused-ring (bicyclic) bond motifs is 1. The topological polar surface area (TPSA) is 80.8 Å². The number of nitrogens with zero attached hydrogens (tertiary/aromatic N) is 2. The highest BCUT2D eigenvalue weighted by molar-refractivity contribution is 6.00. The van der Waals surface area contributed by atoms with Crippen LogP contribution in [0, 0.1) is 5.82 Å². The highest BCUT2D eigenvalue weighted by atomic mass is 19.1. The fourth-order valence-electron chi connectivity index (χ4n) is 3.33. The summed E-state index contributed by atoms with van der Waals surface area (Å²) >= 11 is 0. The summed E-state index contributed by atoms with van der Waals surface area (Å²) in [5.74, 6) is 0.724. The fourth-order valence-corrected chi connectivity index (χ4v) is 3.33. The zero-order valence-electron chi connectivity index (χ0n) is 17.5. The quantitative estimate of drug-likeness (QED) is 0.610. The molecule has 8 heteroatoms. The summed E-state index contributed by atoms with van der Waals surface area (Å²) in [6.45, 7) is 2.23. The third-order valence-electron chi connectivity index (χ3n) is 4.96. The molecule has 1 aliphatic rings. The molecule has 164 valence electrons. The summed E-state index contributed by atoms with van der Waals surface area (Å²) in [7, 11) is 0. The van der Waals surface area contributed by atoms with Crippen molar-refractivity contribution in [2.24, 2.45) is 0 Å². The molecular formula is C24H22FN3O4.